The zero-order valence-electron chi connectivity index (χ0n) is 9.42. The predicted molar refractivity (Wildman–Crippen MR) is 69.8 cm³/mol. The summed E-state index contributed by atoms with van der Waals surface area (Å²) in [7, 11) is 0. The average molecular weight is 279 g/mol. The molecule has 0 unspecified atom stereocenters. The molecule has 0 spiro atoms. The van der Waals surface area contributed by atoms with E-state index in [4.69, 9.17) is 0 Å². The van der Waals surface area contributed by atoms with E-state index in [1.807, 2.05) is 25.1 Å². The minimum Gasteiger partial charge on any atom is -0.289 e. The summed E-state index contributed by atoms with van der Waals surface area (Å²) in [6.07, 6.45) is 6.46. The fourth-order valence-corrected chi connectivity index (χ4v) is 2.26. The van der Waals surface area contributed by atoms with Gasteiger partial charge in [0.25, 0.3) is 0 Å². The van der Waals surface area contributed by atoms with Crippen LogP contribution in [0.15, 0.2) is 34.3 Å². The highest BCUT2D eigenvalue weighted by Crippen LogP contribution is 2.23. The Kier molecular flexibility index (Phi) is 3.59. The third-order valence-corrected chi connectivity index (χ3v) is 3.89. The molecule has 0 saturated heterocycles. The van der Waals surface area contributed by atoms with Gasteiger partial charge in [0.15, 0.2) is 5.78 Å². The molecule has 1 aliphatic rings. The maximum atomic E-state index is 12.2. The second kappa shape index (κ2) is 4.96. The number of aryl methyl sites for hydroxylation is 1. The van der Waals surface area contributed by atoms with Crippen molar-refractivity contribution >= 4 is 21.7 Å². The van der Waals surface area contributed by atoms with E-state index in [1.54, 1.807) is 0 Å². The van der Waals surface area contributed by atoms with E-state index in [0.717, 1.165) is 40.4 Å². The normalized spacial score (nSPS) is 15.8. The van der Waals surface area contributed by atoms with Gasteiger partial charge in [0.1, 0.15) is 0 Å². The molecule has 0 fully saturated rings. The topological polar surface area (TPSA) is 17.1 Å². The van der Waals surface area contributed by atoms with Crippen LogP contribution in [-0.2, 0) is 0 Å². The molecule has 2 heteroatoms. The molecule has 84 valence electrons. The van der Waals surface area contributed by atoms with Crippen LogP contribution in [0.1, 0.15) is 41.6 Å². The summed E-state index contributed by atoms with van der Waals surface area (Å²) >= 11 is 3.45. The number of carbonyl (C=O) groups is 1. The molecule has 0 saturated carbocycles. The van der Waals surface area contributed by atoms with E-state index >= 15 is 0 Å². The van der Waals surface area contributed by atoms with Crippen molar-refractivity contribution in [3.63, 3.8) is 0 Å². The van der Waals surface area contributed by atoms with Crippen molar-refractivity contribution in [2.24, 2.45) is 0 Å². The Labute approximate surface area is 105 Å². The van der Waals surface area contributed by atoms with Crippen LogP contribution >= 0.6 is 15.9 Å². The maximum Gasteiger partial charge on any atom is 0.188 e. The van der Waals surface area contributed by atoms with Gasteiger partial charge in [-0.25, -0.2) is 0 Å². The number of benzene rings is 1. The van der Waals surface area contributed by atoms with Gasteiger partial charge in [0.2, 0.25) is 0 Å². The Morgan fingerprint density at radius 1 is 1.31 bits per heavy atom. The lowest BCUT2D eigenvalue weighted by Gasteiger charge is -2.12. The molecule has 0 bridgehead atoms. The van der Waals surface area contributed by atoms with Gasteiger partial charge in [-0.05, 0) is 61.9 Å². The number of Topliss-reactive ketones (excluding diaryl/α,β-unsaturated/α-hetero) is 1. The van der Waals surface area contributed by atoms with Crippen molar-refractivity contribution in [1.82, 2.24) is 0 Å². The Morgan fingerprint density at radius 2 is 2.12 bits per heavy atom. The summed E-state index contributed by atoms with van der Waals surface area (Å²) < 4.78 is 1.06. The Hall–Kier alpha value is -0.890. The molecular formula is C14H15BrO. The van der Waals surface area contributed by atoms with Crippen molar-refractivity contribution in [3.05, 3.63) is 45.4 Å². The fraction of sp³-hybridized carbons (Fsp3) is 0.357. The number of hydrogen-bond donors (Lipinski definition) is 0. The van der Waals surface area contributed by atoms with Gasteiger partial charge >= 0.3 is 0 Å². The molecule has 16 heavy (non-hydrogen) atoms. The summed E-state index contributed by atoms with van der Waals surface area (Å²) in [5.74, 6) is 0.204. The lowest BCUT2D eigenvalue weighted by molar-refractivity contribution is 0.102. The van der Waals surface area contributed by atoms with Gasteiger partial charge in [-0.1, -0.05) is 22.0 Å². The summed E-state index contributed by atoms with van der Waals surface area (Å²) in [6.45, 7) is 2.01. The van der Waals surface area contributed by atoms with Crippen molar-refractivity contribution in [1.29, 1.82) is 0 Å². The summed E-state index contributed by atoms with van der Waals surface area (Å²) in [6, 6.07) is 5.81. The summed E-state index contributed by atoms with van der Waals surface area (Å²) in [4.78, 5) is 12.2. The monoisotopic (exact) mass is 278 g/mol. The van der Waals surface area contributed by atoms with Gasteiger partial charge in [-0.2, -0.15) is 0 Å². The van der Waals surface area contributed by atoms with Crippen LogP contribution in [0, 0.1) is 6.92 Å². The average Bonchev–Trinajstić information content (AvgIpc) is 2.33. The number of carbonyl (C=O) groups excluding carboxylic acids is 1. The smallest absolute Gasteiger partial charge is 0.188 e. The van der Waals surface area contributed by atoms with Crippen LogP contribution in [-0.4, -0.2) is 5.78 Å². The van der Waals surface area contributed by atoms with E-state index in [9.17, 15) is 4.79 Å². The highest BCUT2D eigenvalue weighted by Gasteiger charge is 2.14. The molecular weight excluding hydrogens is 264 g/mol. The number of ketones is 1. The molecule has 2 rings (SSSR count). The van der Waals surface area contributed by atoms with Crippen LogP contribution in [0.5, 0.6) is 0 Å². The highest BCUT2D eigenvalue weighted by molar-refractivity contribution is 9.10. The van der Waals surface area contributed by atoms with Crippen LogP contribution in [0.4, 0.5) is 0 Å². The molecule has 0 N–H and O–H groups in total. The van der Waals surface area contributed by atoms with Crippen LogP contribution < -0.4 is 0 Å². The zero-order chi connectivity index (χ0) is 11.5. The minimum absolute atomic E-state index is 0.204. The molecule has 0 aromatic heterocycles. The molecule has 1 aromatic carbocycles. The van der Waals surface area contributed by atoms with Gasteiger partial charge < -0.3 is 0 Å². The third kappa shape index (κ3) is 2.43. The van der Waals surface area contributed by atoms with E-state index in [-0.39, 0.29) is 5.78 Å². The van der Waals surface area contributed by atoms with Crippen molar-refractivity contribution < 1.29 is 4.79 Å². The molecule has 0 aliphatic heterocycles. The van der Waals surface area contributed by atoms with Gasteiger partial charge in [-0.3, -0.25) is 4.79 Å². The van der Waals surface area contributed by atoms with E-state index in [1.165, 1.54) is 6.42 Å². The first-order valence-electron chi connectivity index (χ1n) is 5.68. The van der Waals surface area contributed by atoms with Crippen molar-refractivity contribution in [2.45, 2.75) is 32.6 Å². The first-order valence-corrected chi connectivity index (χ1v) is 6.47. The standard InChI is InChI=1S/C14H15BrO/c1-10-9-12(7-8-13(10)15)14(16)11-5-3-2-4-6-11/h5,7-9H,2-4,6H2,1H3. The number of hydrogen-bond acceptors (Lipinski definition) is 1. The Morgan fingerprint density at radius 3 is 2.75 bits per heavy atom. The first kappa shape index (κ1) is 11.6. The highest BCUT2D eigenvalue weighted by atomic mass is 79.9. The third-order valence-electron chi connectivity index (χ3n) is 3.00. The number of halogens is 1. The van der Waals surface area contributed by atoms with E-state index in [0.29, 0.717) is 0 Å². The predicted octanol–water partition coefficient (Wildman–Crippen LogP) is 4.44. The second-order valence-corrected chi connectivity index (χ2v) is 5.12. The van der Waals surface area contributed by atoms with Crippen LogP contribution in [0.25, 0.3) is 0 Å². The molecule has 0 atom stereocenters. The summed E-state index contributed by atoms with van der Waals surface area (Å²) in [5, 5.41) is 0. The van der Waals surface area contributed by atoms with Crippen LogP contribution in [0.3, 0.4) is 0 Å². The van der Waals surface area contributed by atoms with Gasteiger partial charge in [0, 0.05) is 10.0 Å². The van der Waals surface area contributed by atoms with Crippen molar-refractivity contribution in [2.75, 3.05) is 0 Å². The van der Waals surface area contributed by atoms with Gasteiger partial charge in [0.05, 0.1) is 0 Å². The van der Waals surface area contributed by atoms with Crippen LogP contribution in [0.2, 0.25) is 0 Å². The lowest BCUT2D eigenvalue weighted by Crippen LogP contribution is -2.06. The van der Waals surface area contributed by atoms with Crippen molar-refractivity contribution in [3.8, 4) is 0 Å². The second-order valence-electron chi connectivity index (χ2n) is 4.27. The van der Waals surface area contributed by atoms with Gasteiger partial charge in [-0.15, -0.1) is 0 Å². The van der Waals surface area contributed by atoms with E-state index < -0.39 is 0 Å². The SMILES string of the molecule is Cc1cc(C(=O)C2=CCCCC2)ccc1Br. The minimum atomic E-state index is 0.204. The molecule has 1 nitrogen and oxygen atoms in total. The fourth-order valence-electron chi connectivity index (χ4n) is 2.02. The molecule has 0 radical (unpaired) electrons. The zero-order valence-corrected chi connectivity index (χ0v) is 11.0. The summed E-state index contributed by atoms with van der Waals surface area (Å²) in [5.41, 5.74) is 2.92. The lowest BCUT2D eigenvalue weighted by atomic mass is 9.92. The molecule has 1 aromatic rings. The largest absolute Gasteiger partial charge is 0.289 e. The Bertz CT molecular complexity index is 446. The Balaban J connectivity index is 2.26. The maximum absolute atomic E-state index is 12.2. The number of rotatable bonds is 2. The number of allylic oxidation sites excluding steroid dienone is 2. The first-order chi connectivity index (χ1) is 7.68. The quantitative estimate of drug-likeness (QED) is 0.731. The van der Waals surface area contributed by atoms with E-state index in [2.05, 4.69) is 22.0 Å². The molecule has 0 heterocycles. The molecule has 0 amide bonds. The molecule has 1 aliphatic carbocycles.